The Kier molecular flexibility index (Phi) is 7.14. The van der Waals surface area contributed by atoms with Gasteiger partial charge in [0.25, 0.3) is 0 Å². The number of halogens is 6. The minimum atomic E-state index is -4.48. The Bertz CT molecular complexity index is 854. The van der Waals surface area contributed by atoms with Crippen LogP contribution in [-0.4, -0.2) is 13.2 Å². The zero-order chi connectivity index (χ0) is 21.1. The summed E-state index contributed by atoms with van der Waals surface area (Å²) >= 11 is 0. The van der Waals surface area contributed by atoms with E-state index in [2.05, 4.69) is 5.32 Å². The second-order valence-electron chi connectivity index (χ2n) is 5.41. The first-order chi connectivity index (χ1) is 13.2. The monoisotopic (exact) mass is 427 g/mol. The van der Waals surface area contributed by atoms with Gasteiger partial charge in [-0.05, 0) is 38.1 Å². The standard InChI is InChI=1S/C17H16F6NO3P/c1-3-26-28(25,27-4-2)17(24-10-7-5-9(18)6-8-10)11-12(19)14(21)16(23)15(22)13(11)20/h5-8,17,24H,3-4H2,1-2H3. The lowest BCUT2D eigenvalue weighted by Crippen LogP contribution is -2.20. The lowest BCUT2D eigenvalue weighted by Gasteiger charge is -2.28. The second kappa shape index (κ2) is 8.98. The minimum absolute atomic E-state index is 0.0185. The van der Waals surface area contributed by atoms with Crippen molar-refractivity contribution < 1.29 is 40.0 Å². The zero-order valence-corrected chi connectivity index (χ0v) is 15.6. The van der Waals surface area contributed by atoms with E-state index in [9.17, 15) is 30.9 Å². The van der Waals surface area contributed by atoms with Crippen molar-refractivity contribution in [1.82, 2.24) is 0 Å². The summed E-state index contributed by atoms with van der Waals surface area (Å²) in [6.45, 7) is 2.32. The van der Waals surface area contributed by atoms with Crippen molar-refractivity contribution in [2.24, 2.45) is 0 Å². The first-order valence-electron chi connectivity index (χ1n) is 8.08. The summed E-state index contributed by atoms with van der Waals surface area (Å²) in [7, 11) is -4.48. The number of anilines is 1. The lowest BCUT2D eigenvalue weighted by molar-refractivity contribution is 0.212. The van der Waals surface area contributed by atoms with E-state index in [0.717, 1.165) is 24.3 Å². The first kappa shape index (κ1) is 22.3. The van der Waals surface area contributed by atoms with Crippen LogP contribution in [0.25, 0.3) is 0 Å². The highest BCUT2D eigenvalue weighted by atomic mass is 31.2. The number of nitrogens with one attached hydrogen (secondary N) is 1. The molecule has 28 heavy (non-hydrogen) atoms. The summed E-state index contributed by atoms with van der Waals surface area (Å²) < 4.78 is 106. The van der Waals surface area contributed by atoms with E-state index in [4.69, 9.17) is 9.05 Å². The minimum Gasteiger partial charge on any atom is -0.368 e. The van der Waals surface area contributed by atoms with Gasteiger partial charge in [-0.15, -0.1) is 0 Å². The van der Waals surface area contributed by atoms with Crippen LogP contribution in [0.5, 0.6) is 0 Å². The van der Waals surface area contributed by atoms with Crippen LogP contribution in [0.1, 0.15) is 25.2 Å². The Morgan fingerprint density at radius 2 is 1.25 bits per heavy atom. The largest absolute Gasteiger partial charge is 0.368 e. The van der Waals surface area contributed by atoms with E-state index >= 15 is 0 Å². The van der Waals surface area contributed by atoms with Gasteiger partial charge in [0.1, 0.15) is 5.82 Å². The molecular formula is C17H16F6NO3P. The first-order valence-corrected chi connectivity index (χ1v) is 9.69. The van der Waals surface area contributed by atoms with E-state index in [1.807, 2.05) is 0 Å². The van der Waals surface area contributed by atoms with Crippen molar-refractivity contribution in [3.63, 3.8) is 0 Å². The van der Waals surface area contributed by atoms with Gasteiger partial charge in [0.15, 0.2) is 29.1 Å². The van der Waals surface area contributed by atoms with Crippen molar-refractivity contribution in [3.05, 3.63) is 64.7 Å². The topological polar surface area (TPSA) is 47.6 Å². The molecule has 2 aromatic carbocycles. The molecule has 0 aliphatic heterocycles. The molecule has 1 atom stereocenters. The molecule has 0 radical (unpaired) electrons. The maximum Gasteiger partial charge on any atom is 0.357 e. The molecule has 0 saturated carbocycles. The van der Waals surface area contributed by atoms with Crippen molar-refractivity contribution in [2.45, 2.75) is 19.6 Å². The highest BCUT2D eigenvalue weighted by molar-refractivity contribution is 7.54. The molecule has 0 heterocycles. The fraction of sp³-hybridized carbons (Fsp3) is 0.294. The van der Waals surface area contributed by atoms with Gasteiger partial charge >= 0.3 is 7.60 Å². The van der Waals surface area contributed by atoms with E-state index in [1.165, 1.54) is 13.8 Å². The van der Waals surface area contributed by atoms with Gasteiger partial charge in [-0.1, -0.05) is 0 Å². The van der Waals surface area contributed by atoms with Crippen molar-refractivity contribution >= 4 is 13.3 Å². The third-order valence-corrected chi connectivity index (χ3v) is 5.86. The third kappa shape index (κ3) is 4.34. The van der Waals surface area contributed by atoms with E-state index in [-0.39, 0.29) is 18.9 Å². The van der Waals surface area contributed by atoms with Gasteiger partial charge in [-0.25, -0.2) is 26.3 Å². The van der Waals surface area contributed by atoms with Crippen LogP contribution >= 0.6 is 7.60 Å². The summed E-state index contributed by atoms with van der Waals surface area (Å²) in [6, 6.07) is 4.20. The molecule has 0 aromatic heterocycles. The van der Waals surface area contributed by atoms with Crippen LogP contribution in [0, 0.1) is 34.9 Å². The lowest BCUT2D eigenvalue weighted by atomic mass is 10.1. The maximum absolute atomic E-state index is 14.4. The Labute approximate surface area is 157 Å². The van der Waals surface area contributed by atoms with E-state index < -0.39 is 53.8 Å². The molecule has 0 saturated heterocycles. The summed E-state index contributed by atoms with van der Waals surface area (Å²) in [5.74, 6) is -13.9. The Morgan fingerprint density at radius 1 is 0.821 bits per heavy atom. The van der Waals surface area contributed by atoms with Crippen LogP contribution in [0.4, 0.5) is 32.0 Å². The average molecular weight is 427 g/mol. The Hall–Kier alpha value is -2.03. The van der Waals surface area contributed by atoms with Crippen molar-refractivity contribution in [1.29, 1.82) is 0 Å². The highest BCUT2D eigenvalue weighted by Gasteiger charge is 2.43. The Morgan fingerprint density at radius 3 is 1.68 bits per heavy atom. The summed E-state index contributed by atoms with van der Waals surface area (Å²) in [5.41, 5.74) is -1.43. The fourth-order valence-electron chi connectivity index (χ4n) is 2.42. The molecule has 11 heteroatoms. The molecule has 154 valence electrons. The van der Waals surface area contributed by atoms with Crippen molar-refractivity contribution in [2.75, 3.05) is 18.5 Å². The SMILES string of the molecule is CCOP(=O)(OCC)C(Nc1ccc(F)cc1)c1c(F)c(F)c(F)c(F)c1F. The van der Waals surface area contributed by atoms with Crippen LogP contribution in [0.2, 0.25) is 0 Å². The van der Waals surface area contributed by atoms with Gasteiger partial charge in [-0.3, -0.25) is 4.57 Å². The average Bonchev–Trinajstić information content (AvgIpc) is 2.66. The van der Waals surface area contributed by atoms with E-state index in [1.54, 1.807) is 0 Å². The van der Waals surface area contributed by atoms with Gasteiger partial charge in [0.2, 0.25) is 5.82 Å². The van der Waals surface area contributed by atoms with Gasteiger partial charge < -0.3 is 14.4 Å². The van der Waals surface area contributed by atoms with Crippen LogP contribution in [0.15, 0.2) is 24.3 Å². The van der Waals surface area contributed by atoms with Crippen LogP contribution < -0.4 is 5.32 Å². The molecule has 0 bridgehead atoms. The molecule has 1 N–H and O–H groups in total. The van der Waals surface area contributed by atoms with Crippen LogP contribution in [-0.2, 0) is 13.6 Å². The molecule has 4 nitrogen and oxygen atoms in total. The van der Waals surface area contributed by atoms with Gasteiger partial charge in [0, 0.05) is 5.69 Å². The molecule has 1 unspecified atom stereocenters. The van der Waals surface area contributed by atoms with Gasteiger partial charge in [-0.2, -0.15) is 0 Å². The van der Waals surface area contributed by atoms with Gasteiger partial charge in [0.05, 0.1) is 18.8 Å². The smallest absolute Gasteiger partial charge is 0.357 e. The maximum atomic E-state index is 14.4. The third-order valence-electron chi connectivity index (χ3n) is 3.60. The quantitative estimate of drug-likeness (QED) is 0.247. The number of hydrogen-bond donors (Lipinski definition) is 1. The molecule has 2 rings (SSSR count). The molecule has 2 aromatic rings. The summed E-state index contributed by atoms with van der Waals surface area (Å²) in [6.07, 6.45) is 0. The van der Waals surface area contributed by atoms with Crippen molar-refractivity contribution in [3.8, 4) is 0 Å². The number of rotatable bonds is 8. The summed E-state index contributed by atoms with van der Waals surface area (Å²) in [5, 5.41) is 2.37. The predicted molar refractivity (Wildman–Crippen MR) is 89.9 cm³/mol. The summed E-state index contributed by atoms with van der Waals surface area (Å²) in [4.78, 5) is 0. The highest BCUT2D eigenvalue weighted by Crippen LogP contribution is 2.61. The second-order valence-corrected chi connectivity index (χ2v) is 7.53. The molecule has 0 fully saturated rings. The molecule has 0 spiro atoms. The number of hydrogen-bond acceptors (Lipinski definition) is 4. The van der Waals surface area contributed by atoms with Crippen LogP contribution in [0.3, 0.4) is 0 Å². The molecule has 0 aliphatic rings. The fourth-order valence-corrected chi connectivity index (χ4v) is 4.36. The van der Waals surface area contributed by atoms with E-state index in [0.29, 0.717) is 0 Å². The normalized spacial score (nSPS) is 12.9. The molecule has 0 aliphatic carbocycles. The Balaban J connectivity index is 2.71. The predicted octanol–water partition coefficient (Wildman–Crippen LogP) is 5.90. The zero-order valence-electron chi connectivity index (χ0n) is 14.7. The number of benzene rings is 2. The molecule has 0 amide bonds. The molecular weight excluding hydrogens is 411 g/mol.